The number of ether oxygens (including phenoxy) is 1. The summed E-state index contributed by atoms with van der Waals surface area (Å²) in [6.07, 6.45) is 3.56. The molecule has 5 nitrogen and oxygen atoms in total. The minimum Gasteiger partial charge on any atom is -0.467 e. The molecule has 25 heavy (non-hydrogen) atoms. The SMILES string of the molecule is CCCCOCCN(C(=O)c1coc(CN)c1)c1cccc(Br)c1.Cl. The lowest BCUT2D eigenvalue weighted by Gasteiger charge is -2.22. The molecule has 2 N–H and O–H groups in total. The van der Waals surface area contributed by atoms with E-state index in [1.165, 1.54) is 6.26 Å². The quantitative estimate of drug-likeness (QED) is 0.598. The van der Waals surface area contributed by atoms with E-state index in [9.17, 15) is 4.79 Å². The smallest absolute Gasteiger partial charge is 0.261 e. The first-order chi connectivity index (χ1) is 11.7. The number of anilines is 1. The number of hydrogen-bond donors (Lipinski definition) is 1. The second kappa shape index (κ2) is 11.3. The zero-order valence-corrected chi connectivity index (χ0v) is 16.6. The van der Waals surface area contributed by atoms with E-state index in [4.69, 9.17) is 14.9 Å². The van der Waals surface area contributed by atoms with Crippen LogP contribution in [-0.4, -0.2) is 25.7 Å². The van der Waals surface area contributed by atoms with Gasteiger partial charge in [-0.15, -0.1) is 12.4 Å². The maximum absolute atomic E-state index is 12.9. The van der Waals surface area contributed by atoms with Crippen LogP contribution in [0.25, 0.3) is 0 Å². The molecule has 2 aromatic rings. The number of furan rings is 1. The first-order valence-electron chi connectivity index (χ1n) is 8.08. The van der Waals surface area contributed by atoms with Crippen molar-refractivity contribution in [1.29, 1.82) is 0 Å². The number of rotatable bonds is 9. The third-order valence-corrected chi connectivity index (χ3v) is 4.06. The fraction of sp³-hybridized carbons (Fsp3) is 0.389. The molecule has 0 unspecified atom stereocenters. The molecule has 0 atom stereocenters. The van der Waals surface area contributed by atoms with Crippen LogP contribution in [0.2, 0.25) is 0 Å². The Morgan fingerprint density at radius 1 is 1.32 bits per heavy atom. The Labute approximate surface area is 163 Å². The second-order valence-electron chi connectivity index (χ2n) is 5.41. The van der Waals surface area contributed by atoms with Gasteiger partial charge >= 0.3 is 0 Å². The van der Waals surface area contributed by atoms with Crippen molar-refractivity contribution in [3.63, 3.8) is 0 Å². The summed E-state index contributed by atoms with van der Waals surface area (Å²) in [5.74, 6) is 0.461. The van der Waals surface area contributed by atoms with E-state index < -0.39 is 0 Å². The lowest BCUT2D eigenvalue weighted by molar-refractivity contribution is 0.0958. The first-order valence-corrected chi connectivity index (χ1v) is 8.87. The van der Waals surface area contributed by atoms with Crippen LogP contribution in [0.1, 0.15) is 35.9 Å². The van der Waals surface area contributed by atoms with Gasteiger partial charge in [0.1, 0.15) is 12.0 Å². The highest BCUT2D eigenvalue weighted by atomic mass is 79.9. The van der Waals surface area contributed by atoms with Crippen LogP contribution >= 0.6 is 28.3 Å². The molecule has 1 aromatic heterocycles. The molecule has 1 amide bonds. The molecule has 0 aliphatic rings. The van der Waals surface area contributed by atoms with Gasteiger partial charge in [0.2, 0.25) is 0 Å². The van der Waals surface area contributed by atoms with Gasteiger partial charge in [-0.1, -0.05) is 35.3 Å². The number of unbranched alkanes of at least 4 members (excludes halogenated alkanes) is 1. The molecule has 0 aliphatic heterocycles. The number of carbonyl (C=O) groups excluding carboxylic acids is 1. The zero-order chi connectivity index (χ0) is 17.4. The maximum Gasteiger partial charge on any atom is 0.261 e. The highest BCUT2D eigenvalue weighted by Gasteiger charge is 2.20. The minimum absolute atomic E-state index is 0. The van der Waals surface area contributed by atoms with E-state index in [2.05, 4.69) is 22.9 Å². The number of hydrogen-bond acceptors (Lipinski definition) is 4. The second-order valence-corrected chi connectivity index (χ2v) is 6.32. The van der Waals surface area contributed by atoms with Crippen LogP contribution < -0.4 is 10.6 Å². The van der Waals surface area contributed by atoms with Gasteiger partial charge in [0.05, 0.1) is 18.7 Å². The Bertz CT molecular complexity index is 663. The van der Waals surface area contributed by atoms with Gasteiger partial charge in [-0.3, -0.25) is 4.79 Å². The summed E-state index contributed by atoms with van der Waals surface area (Å²) < 4.78 is 11.8. The molecule has 0 saturated heterocycles. The van der Waals surface area contributed by atoms with Crippen molar-refractivity contribution >= 4 is 39.9 Å². The summed E-state index contributed by atoms with van der Waals surface area (Å²) in [5, 5.41) is 0. The molecule has 0 fully saturated rings. The number of benzene rings is 1. The highest BCUT2D eigenvalue weighted by Crippen LogP contribution is 2.22. The zero-order valence-electron chi connectivity index (χ0n) is 14.2. The van der Waals surface area contributed by atoms with Gasteiger partial charge in [0.15, 0.2) is 0 Å². The molecule has 7 heteroatoms. The third-order valence-electron chi connectivity index (χ3n) is 3.57. The monoisotopic (exact) mass is 430 g/mol. The van der Waals surface area contributed by atoms with Gasteiger partial charge in [-0.05, 0) is 30.7 Å². The summed E-state index contributed by atoms with van der Waals surface area (Å²) in [5.41, 5.74) is 6.85. The maximum atomic E-state index is 12.9. The standard InChI is InChI=1S/C18H23BrN2O3.ClH/c1-2-3-8-23-9-7-21(16-6-4-5-15(19)11-16)18(22)14-10-17(12-20)24-13-14;/h4-6,10-11,13H,2-3,7-9,12,20H2,1H3;1H. The third kappa shape index (κ3) is 6.47. The van der Waals surface area contributed by atoms with Crippen molar-refractivity contribution in [3.8, 4) is 0 Å². The highest BCUT2D eigenvalue weighted by molar-refractivity contribution is 9.10. The van der Waals surface area contributed by atoms with Gasteiger partial charge in [-0.25, -0.2) is 0 Å². The lowest BCUT2D eigenvalue weighted by Crippen LogP contribution is -2.34. The number of nitrogens with two attached hydrogens (primary N) is 1. The first kappa shape index (κ1) is 21.7. The van der Waals surface area contributed by atoms with Crippen LogP contribution in [0.3, 0.4) is 0 Å². The average Bonchev–Trinajstić information content (AvgIpc) is 3.07. The van der Waals surface area contributed by atoms with Gasteiger partial charge in [0.25, 0.3) is 5.91 Å². The minimum atomic E-state index is -0.129. The van der Waals surface area contributed by atoms with Crippen LogP contribution in [0, 0.1) is 0 Å². The Morgan fingerprint density at radius 2 is 2.12 bits per heavy atom. The summed E-state index contributed by atoms with van der Waals surface area (Å²) >= 11 is 3.45. The van der Waals surface area contributed by atoms with Crippen molar-refractivity contribution in [1.82, 2.24) is 0 Å². The topological polar surface area (TPSA) is 68.7 Å². The predicted octanol–water partition coefficient (Wildman–Crippen LogP) is 4.39. The number of amides is 1. The van der Waals surface area contributed by atoms with Crippen LogP contribution in [0.5, 0.6) is 0 Å². The van der Waals surface area contributed by atoms with E-state index in [1.54, 1.807) is 11.0 Å². The number of carbonyl (C=O) groups is 1. The fourth-order valence-corrected chi connectivity index (χ4v) is 2.64. The molecule has 0 spiro atoms. The Balaban J connectivity index is 0.00000312. The molecule has 0 aliphatic carbocycles. The molecule has 1 heterocycles. The predicted molar refractivity (Wildman–Crippen MR) is 105 cm³/mol. The average molecular weight is 432 g/mol. The number of nitrogens with zero attached hydrogens (tertiary/aromatic N) is 1. The van der Waals surface area contributed by atoms with E-state index in [1.807, 2.05) is 24.3 Å². The Hall–Kier alpha value is -1.34. The normalized spacial score (nSPS) is 10.4. The van der Waals surface area contributed by atoms with Crippen molar-refractivity contribution in [2.45, 2.75) is 26.3 Å². The molecule has 1 aromatic carbocycles. The van der Waals surface area contributed by atoms with Crippen molar-refractivity contribution in [2.24, 2.45) is 5.73 Å². The van der Waals surface area contributed by atoms with Crippen LogP contribution in [-0.2, 0) is 11.3 Å². The van der Waals surface area contributed by atoms with Crippen LogP contribution in [0.15, 0.2) is 45.5 Å². The molecular formula is C18H24BrClN2O3. The summed E-state index contributed by atoms with van der Waals surface area (Å²) in [7, 11) is 0. The Kier molecular flexibility index (Phi) is 9.82. The summed E-state index contributed by atoms with van der Waals surface area (Å²) in [6, 6.07) is 9.32. The van der Waals surface area contributed by atoms with E-state index in [-0.39, 0.29) is 24.9 Å². The molecule has 0 radical (unpaired) electrons. The molecular weight excluding hydrogens is 408 g/mol. The number of halogens is 2. The summed E-state index contributed by atoms with van der Waals surface area (Å²) in [6.45, 7) is 4.06. The molecule has 138 valence electrons. The Morgan fingerprint density at radius 3 is 2.76 bits per heavy atom. The molecule has 0 saturated carbocycles. The van der Waals surface area contributed by atoms with E-state index in [0.29, 0.717) is 31.1 Å². The molecule has 0 bridgehead atoms. The summed E-state index contributed by atoms with van der Waals surface area (Å²) in [4.78, 5) is 14.6. The van der Waals surface area contributed by atoms with Gasteiger partial charge in [0, 0.05) is 23.3 Å². The van der Waals surface area contributed by atoms with Gasteiger partial charge in [-0.2, -0.15) is 0 Å². The largest absolute Gasteiger partial charge is 0.467 e. The molecule has 2 rings (SSSR count). The fourth-order valence-electron chi connectivity index (χ4n) is 2.25. The van der Waals surface area contributed by atoms with Crippen LogP contribution in [0.4, 0.5) is 5.69 Å². The van der Waals surface area contributed by atoms with E-state index in [0.717, 1.165) is 23.0 Å². The van der Waals surface area contributed by atoms with Crippen molar-refractivity contribution in [3.05, 3.63) is 52.4 Å². The van der Waals surface area contributed by atoms with E-state index >= 15 is 0 Å². The van der Waals surface area contributed by atoms with Gasteiger partial charge < -0.3 is 19.8 Å². The lowest BCUT2D eigenvalue weighted by atomic mass is 10.2. The van der Waals surface area contributed by atoms with Crippen molar-refractivity contribution < 1.29 is 13.9 Å². The van der Waals surface area contributed by atoms with Crippen molar-refractivity contribution in [2.75, 3.05) is 24.7 Å².